The number of anilines is 1. The molecule has 0 radical (unpaired) electrons. The number of hydrogen-bond acceptors (Lipinski definition) is 4. The molecule has 0 saturated heterocycles. The zero-order valence-electron chi connectivity index (χ0n) is 13.4. The van der Waals surface area contributed by atoms with Crippen molar-refractivity contribution in [2.24, 2.45) is 0 Å². The Balaban J connectivity index is 1.55. The maximum absolute atomic E-state index is 12.5. The minimum atomic E-state index is -0.337. The van der Waals surface area contributed by atoms with E-state index in [4.69, 9.17) is 11.6 Å². The van der Waals surface area contributed by atoms with Gasteiger partial charge in [0.1, 0.15) is 5.69 Å². The number of carbonyl (C=O) groups excluding carboxylic acids is 1. The fourth-order valence-corrected chi connectivity index (χ4v) is 2.58. The van der Waals surface area contributed by atoms with Gasteiger partial charge < -0.3 is 5.32 Å². The second-order valence-corrected chi connectivity index (χ2v) is 5.89. The van der Waals surface area contributed by atoms with Crippen molar-refractivity contribution in [2.45, 2.75) is 0 Å². The number of H-pyrrole nitrogens is 1. The number of amides is 1. The van der Waals surface area contributed by atoms with E-state index in [0.717, 1.165) is 5.69 Å². The van der Waals surface area contributed by atoms with Gasteiger partial charge in [-0.1, -0.05) is 17.7 Å². The molecule has 3 heterocycles. The summed E-state index contributed by atoms with van der Waals surface area (Å²) in [5.74, 6) is -0.337. The molecule has 0 unspecified atom stereocenters. The minimum absolute atomic E-state index is 0.285. The lowest BCUT2D eigenvalue weighted by Gasteiger charge is -2.04. The van der Waals surface area contributed by atoms with Gasteiger partial charge in [0, 0.05) is 17.4 Å². The van der Waals surface area contributed by atoms with Gasteiger partial charge in [-0.15, -0.1) is 0 Å². The molecular formula is C18H13ClN6O. The van der Waals surface area contributed by atoms with Gasteiger partial charge in [-0.05, 0) is 42.5 Å². The standard InChI is InChI=1S/C18H13ClN6O/c19-12-4-6-13(7-5-12)25-10-8-15(24-25)18(26)22-16-11-21-23-17(16)14-3-1-2-9-20-14/h1-11H,(H,21,23)(H,22,26). The van der Waals surface area contributed by atoms with E-state index >= 15 is 0 Å². The van der Waals surface area contributed by atoms with E-state index in [1.54, 1.807) is 35.3 Å². The van der Waals surface area contributed by atoms with Crippen molar-refractivity contribution < 1.29 is 4.79 Å². The highest BCUT2D eigenvalue weighted by molar-refractivity contribution is 6.30. The topological polar surface area (TPSA) is 88.5 Å². The Morgan fingerprint density at radius 1 is 1.12 bits per heavy atom. The molecule has 4 aromatic rings. The zero-order chi connectivity index (χ0) is 17.9. The van der Waals surface area contributed by atoms with Crippen LogP contribution in [0.25, 0.3) is 17.1 Å². The van der Waals surface area contributed by atoms with Crippen LogP contribution in [0, 0.1) is 0 Å². The van der Waals surface area contributed by atoms with Crippen LogP contribution in [0.1, 0.15) is 10.5 Å². The first-order valence-corrected chi connectivity index (χ1v) is 8.16. The molecule has 2 N–H and O–H groups in total. The van der Waals surface area contributed by atoms with Crippen molar-refractivity contribution >= 4 is 23.2 Å². The van der Waals surface area contributed by atoms with Gasteiger partial charge in [0.25, 0.3) is 5.91 Å². The largest absolute Gasteiger partial charge is 0.317 e. The van der Waals surface area contributed by atoms with Gasteiger partial charge in [-0.25, -0.2) is 4.68 Å². The smallest absolute Gasteiger partial charge is 0.276 e. The first-order valence-electron chi connectivity index (χ1n) is 7.78. The van der Waals surface area contributed by atoms with E-state index in [2.05, 4.69) is 25.6 Å². The molecule has 4 rings (SSSR count). The van der Waals surface area contributed by atoms with E-state index in [1.807, 2.05) is 30.3 Å². The summed E-state index contributed by atoms with van der Waals surface area (Å²) >= 11 is 5.89. The predicted molar refractivity (Wildman–Crippen MR) is 98.3 cm³/mol. The van der Waals surface area contributed by atoms with Crippen molar-refractivity contribution in [2.75, 3.05) is 5.32 Å². The quantitative estimate of drug-likeness (QED) is 0.579. The molecule has 0 atom stereocenters. The van der Waals surface area contributed by atoms with Gasteiger partial charge in [-0.3, -0.25) is 14.9 Å². The van der Waals surface area contributed by atoms with E-state index < -0.39 is 0 Å². The summed E-state index contributed by atoms with van der Waals surface area (Å²) in [5, 5.41) is 14.6. The molecule has 0 fully saturated rings. The predicted octanol–water partition coefficient (Wildman–Crippen LogP) is 3.56. The molecule has 128 valence electrons. The Hall–Kier alpha value is -3.45. The van der Waals surface area contributed by atoms with Crippen LogP contribution in [0.2, 0.25) is 5.02 Å². The van der Waals surface area contributed by atoms with Crippen molar-refractivity contribution in [3.8, 4) is 17.1 Å². The second kappa shape index (κ2) is 6.81. The molecule has 0 spiro atoms. The zero-order valence-corrected chi connectivity index (χ0v) is 14.2. The van der Waals surface area contributed by atoms with Crippen LogP contribution in [0.15, 0.2) is 67.1 Å². The molecule has 0 aliphatic heterocycles. The van der Waals surface area contributed by atoms with Crippen LogP contribution in [0.5, 0.6) is 0 Å². The van der Waals surface area contributed by atoms with Crippen LogP contribution >= 0.6 is 11.6 Å². The maximum Gasteiger partial charge on any atom is 0.276 e. The Kier molecular flexibility index (Phi) is 4.20. The number of nitrogens with one attached hydrogen (secondary N) is 2. The van der Waals surface area contributed by atoms with Crippen LogP contribution in [0.4, 0.5) is 5.69 Å². The number of pyridine rings is 1. The average Bonchev–Trinajstić information content (AvgIpc) is 3.33. The Labute approximate surface area is 153 Å². The lowest BCUT2D eigenvalue weighted by molar-refractivity contribution is 0.102. The normalized spacial score (nSPS) is 10.7. The minimum Gasteiger partial charge on any atom is -0.317 e. The maximum atomic E-state index is 12.5. The number of benzene rings is 1. The lowest BCUT2D eigenvalue weighted by Crippen LogP contribution is -2.13. The lowest BCUT2D eigenvalue weighted by atomic mass is 10.2. The summed E-state index contributed by atoms with van der Waals surface area (Å²) in [7, 11) is 0. The number of hydrogen-bond donors (Lipinski definition) is 2. The molecule has 0 bridgehead atoms. The first-order chi connectivity index (χ1) is 12.7. The molecule has 7 nitrogen and oxygen atoms in total. The molecule has 26 heavy (non-hydrogen) atoms. The molecule has 1 amide bonds. The van der Waals surface area contributed by atoms with E-state index in [1.165, 1.54) is 6.20 Å². The van der Waals surface area contributed by atoms with Gasteiger partial charge in [0.2, 0.25) is 0 Å². The summed E-state index contributed by atoms with van der Waals surface area (Å²) in [6, 6.07) is 14.3. The fraction of sp³-hybridized carbons (Fsp3) is 0. The van der Waals surface area contributed by atoms with Crippen LogP contribution in [0.3, 0.4) is 0 Å². The van der Waals surface area contributed by atoms with Crippen molar-refractivity contribution in [1.29, 1.82) is 0 Å². The summed E-state index contributed by atoms with van der Waals surface area (Å²) in [4.78, 5) is 16.8. The third-order valence-corrected chi connectivity index (χ3v) is 3.97. The highest BCUT2D eigenvalue weighted by atomic mass is 35.5. The molecule has 0 aliphatic rings. The van der Waals surface area contributed by atoms with Gasteiger partial charge in [-0.2, -0.15) is 10.2 Å². The molecule has 1 aromatic carbocycles. The molecule has 3 aromatic heterocycles. The van der Waals surface area contributed by atoms with Crippen LogP contribution in [-0.4, -0.2) is 30.9 Å². The summed E-state index contributed by atoms with van der Waals surface area (Å²) < 4.78 is 1.61. The highest BCUT2D eigenvalue weighted by Crippen LogP contribution is 2.23. The molecular weight excluding hydrogens is 352 g/mol. The highest BCUT2D eigenvalue weighted by Gasteiger charge is 2.15. The van der Waals surface area contributed by atoms with E-state index in [9.17, 15) is 4.79 Å². The number of nitrogens with zero attached hydrogens (tertiary/aromatic N) is 4. The van der Waals surface area contributed by atoms with Gasteiger partial charge in [0.15, 0.2) is 5.69 Å². The number of rotatable bonds is 4. The van der Waals surface area contributed by atoms with Crippen molar-refractivity contribution in [1.82, 2.24) is 25.0 Å². The van der Waals surface area contributed by atoms with Crippen molar-refractivity contribution in [3.63, 3.8) is 0 Å². The molecule has 0 saturated carbocycles. The third kappa shape index (κ3) is 3.20. The molecule has 8 heteroatoms. The van der Waals surface area contributed by atoms with E-state index in [0.29, 0.717) is 22.1 Å². The SMILES string of the molecule is O=C(Nc1cn[nH]c1-c1ccccn1)c1ccn(-c2ccc(Cl)cc2)n1. The number of halogens is 1. The monoisotopic (exact) mass is 364 g/mol. The van der Waals surface area contributed by atoms with Crippen LogP contribution in [-0.2, 0) is 0 Å². The Bertz CT molecular complexity index is 1040. The fourth-order valence-electron chi connectivity index (χ4n) is 2.46. The van der Waals surface area contributed by atoms with Gasteiger partial charge >= 0.3 is 0 Å². The summed E-state index contributed by atoms with van der Waals surface area (Å²) in [6.07, 6.45) is 4.93. The Morgan fingerprint density at radius 3 is 2.73 bits per heavy atom. The average molecular weight is 365 g/mol. The Morgan fingerprint density at radius 2 is 1.96 bits per heavy atom. The van der Waals surface area contributed by atoms with E-state index in [-0.39, 0.29) is 11.6 Å². The van der Waals surface area contributed by atoms with Crippen molar-refractivity contribution in [3.05, 3.63) is 77.8 Å². The summed E-state index contributed by atoms with van der Waals surface area (Å²) in [5.41, 5.74) is 2.96. The molecule has 0 aliphatic carbocycles. The number of carbonyl (C=O) groups is 1. The van der Waals surface area contributed by atoms with Crippen LogP contribution < -0.4 is 5.32 Å². The third-order valence-electron chi connectivity index (χ3n) is 3.72. The second-order valence-electron chi connectivity index (χ2n) is 5.45. The number of aromatic amines is 1. The van der Waals surface area contributed by atoms with Gasteiger partial charge in [0.05, 0.1) is 23.3 Å². The number of aromatic nitrogens is 5. The first kappa shape index (κ1) is 16.0. The summed E-state index contributed by atoms with van der Waals surface area (Å²) in [6.45, 7) is 0.